The molecule has 4 nitrogen and oxygen atoms in total. The highest BCUT2D eigenvalue weighted by atomic mass is 35.5. The number of aromatic nitrogens is 4. The molecular formula is C16H19ClN4. The van der Waals surface area contributed by atoms with Crippen molar-refractivity contribution in [1.82, 2.24) is 19.1 Å². The lowest BCUT2D eigenvalue weighted by molar-refractivity contribution is 0.552. The quantitative estimate of drug-likeness (QED) is 0.513. The minimum Gasteiger partial charge on any atom is -0.337 e. The third-order valence-corrected chi connectivity index (χ3v) is 4.03. The molecule has 0 aliphatic heterocycles. The first-order valence-electron chi connectivity index (χ1n) is 7.26. The predicted octanol–water partition coefficient (Wildman–Crippen LogP) is 3.76. The third-order valence-electron chi connectivity index (χ3n) is 3.79. The Kier molecular flexibility index (Phi) is 4.25. The van der Waals surface area contributed by atoms with Crippen LogP contribution in [0.2, 0.25) is 0 Å². The van der Waals surface area contributed by atoms with Crippen LogP contribution in [0.1, 0.15) is 24.2 Å². The Balaban J connectivity index is 1.72. The highest BCUT2D eigenvalue weighted by Crippen LogP contribution is 2.21. The van der Waals surface area contributed by atoms with Gasteiger partial charge in [-0.25, -0.2) is 9.97 Å². The zero-order chi connectivity index (χ0) is 14.7. The number of rotatable bonds is 6. The van der Waals surface area contributed by atoms with Gasteiger partial charge in [0.05, 0.1) is 23.2 Å². The van der Waals surface area contributed by atoms with Crippen molar-refractivity contribution in [3.05, 3.63) is 48.3 Å². The molecule has 3 rings (SSSR count). The van der Waals surface area contributed by atoms with Crippen molar-refractivity contribution < 1.29 is 0 Å². The van der Waals surface area contributed by atoms with Crippen LogP contribution in [-0.2, 0) is 19.0 Å². The first-order valence-corrected chi connectivity index (χ1v) is 7.79. The molecular weight excluding hydrogens is 284 g/mol. The zero-order valence-electron chi connectivity index (χ0n) is 12.2. The van der Waals surface area contributed by atoms with E-state index in [1.54, 1.807) is 0 Å². The van der Waals surface area contributed by atoms with Gasteiger partial charge in [-0.15, -0.1) is 11.6 Å². The Bertz CT molecular complexity index is 715. The van der Waals surface area contributed by atoms with Crippen LogP contribution >= 0.6 is 11.6 Å². The molecule has 0 atom stereocenters. The zero-order valence-corrected chi connectivity index (χ0v) is 12.9. The van der Waals surface area contributed by atoms with Crippen molar-refractivity contribution in [2.75, 3.05) is 0 Å². The average molecular weight is 303 g/mol. The van der Waals surface area contributed by atoms with E-state index in [9.17, 15) is 0 Å². The van der Waals surface area contributed by atoms with Gasteiger partial charge in [-0.1, -0.05) is 12.1 Å². The number of unbranched alkanes of at least 4 members (excludes halogenated alkanes) is 1. The maximum atomic E-state index is 6.05. The lowest BCUT2D eigenvalue weighted by atomic mass is 10.2. The molecule has 3 aromatic rings. The summed E-state index contributed by atoms with van der Waals surface area (Å²) in [6.07, 6.45) is 7.89. The fourth-order valence-electron chi connectivity index (χ4n) is 2.67. The monoisotopic (exact) mass is 302 g/mol. The van der Waals surface area contributed by atoms with Gasteiger partial charge in [0, 0.05) is 25.5 Å². The van der Waals surface area contributed by atoms with E-state index in [2.05, 4.69) is 44.2 Å². The van der Waals surface area contributed by atoms with Crippen molar-refractivity contribution in [1.29, 1.82) is 0 Å². The highest BCUT2D eigenvalue weighted by Gasteiger charge is 2.10. The Morgan fingerprint density at radius 3 is 2.81 bits per heavy atom. The molecule has 0 spiro atoms. The molecule has 0 bridgehead atoms. The summed E-state index contributed by atoms with van der Waals surface area (Å²) in [6, 6.07) is 6.30. The number of alkyl halides is 1. The summed E-state index contributed by atoms with van der Waals surface area (Å²) in [7, 11) is 0. The molecule has 5 heteroatoms. The second-order valence-corrected chi connectivity index (χ2v) is 5.53. The van der Waals surface area contributed by atoms with Crippen LogP contribution in [0.5, 0.6) is 0 Å². The van der Waals surface area contributed by atoms with Gasteiger partial charge in [0.2, 0.25) is 0 Å². The minimum absolute atomic E-state index is 0.454. The van der Waals surface area contributed by atoms with Crippen LogP contribution in [0.4, 0.5) is 0 Å². The molecule has 110 valence electrons. The fraction of sp³-hybridized carbons (Fsp3) is 0.375. The van der Waals surface area contributed by atoms with Gasteiger partial charge in [0.1, 0.15) is 5.82 Å². The van der Waals surface area contributed by atoms with E-state index in [4.69, 9.17) is 11.6 Å². The van der Waals surface area contributed by atoms with Gasteiger partial charge >= 0.3 is 0 Å². The number of aryl methyl sites for hydroxylation is 3. The molecule has 0 saturated carbocycles. The SMILES string of the molecule is Cc1cccc2c1nc(CCl)n2CCCCn1ccnc1. The Hall–Kier alpha value is -1.81. The van der Waals surface area contributed by atoms with Crippen LogP contribution in [0.15, 0.2) is 36.9 Å². The standard InChI is InChI=1S/C16H19ClN4/c1-13-5-4-6-14-16(13)19-15(11-17)21(14)9-3-2-8-20-10-7-18-12-20/h4-7,10,12H,2-3,8-9,11H2,1H3. The van der Waals surface area contributed by atoms with Crippen molar-refractivity contribution in [3.8, 4) is 0 Å². The first-order chi connectivity index (χ1) is 10.3. The smallest absolute Gasteiger partial charge is 0.124 e. The van der Waals surface area contributed by atoms with E-state index in [0.29, 0.717) is 5.88 Å². The number of hydrogen-bond donors (Lipinski definition) is 0. The molecule has 0 unspecified atom stereocenters. The largest absolute Gasteiger partial charge is 0.337 e. The summed E-state index contributed by atoms with van der Waals surface area (Å²) in [5.41, 5.74) is 3.46. The predicted molar refractivity (Wildman–Crippen MR) is 85.5 cm³/mol. The average Bonchev–Trinajstić information content (AvgIpc) is 3.12. The van der Waals surface area contributed by atoms with Gasteiger partial charge in [-0.05, 0) is 31.4 Å². The number of hydrogen-bond acceptors (Lipinski definition) is 2. The van der Waals surface area contributed by atoms with Crippen molar-refractivity contribution in [2.45, 2.75) is 38.7 Å². The number of fused-ring (bicyclic) bond motifs is 1. The van der Waals surface area contributed by atoms with Crippen molar-refractivity contribution in [3.63, 3.8) is 0 Å². The van der Waals surface area contributed by atoms with Crippen molar-refractivity contribution in [2.24, 2.45) is 0 Å². The highest BCUT2D eigenvalue weighted by molar-refractivity contribution is 6.16. The maximum Gasteiger partial charge on any atom is 0.124 e. The molecule has 0 fully saturated rings. The minimum atomic E-state index is 0.454. The molecule has 0 aliphatic rings. The summed E-state index contributed by atoms with van der Waals surface area (Å²) in [6.45, 7) is 4.05. The number of nitrogens with zero attached hydrogens (tertiary/aromatic N) is 4. The molecule has 0 radical (unpaired) electrons. The number of benzene rings is 1. The molecule has 0 N–H and O–H groups in total. The van der Waals surface area contributed by atoms with Gasteiger partial charge in [0.25, 0.3) is 0 Å². The molecule has 21 heavy (non-hydrogen) atoms. The van der Waals surface area contributed by atoms with E-state index in [1.165, 1.54) is 11.1 Å². The fourth-order valence-corrected chi connectivity index (χ4v) is 2.87. The van der Waals surface area contributed by atoms with E-state index in [1.807, 2.05) is 18.7 Å². The molecule has 1 aromatic carbocycles. The Morgan fingerprint density at radius 2 is 2.05 bits per heavy atom. The van der Waals surface area contributed by atoms with Crippen LogP contribution in [0.3, 0.4) is 0 Å². The van der Waals surface area contributed by atoms with Gasteiger partial charge in [0.15, 0.2) is 0 Å². The second kappa shape index (κ2) is 6.31. The second-order valence-electron chi connectivity index (χ2n) is 5.26. The Morgan fingerprint density at radius 1 is 1.19 bits per heavy atom. The molecule has 0 saturated heterocycles. The molecule has 2 heterocycles. The van der Waals surface area contributed by atoms with Crippen molar-refractivity contribution >= 4 is 22.6 Å². The third kappa shape index (κ3) is 2.95. The van der Waals surface area contributed by atoms with E-state index < -0.39 is 0 Å². The summed E-state index contributed by atoms with van der Waals surface area (Å²) >= 11 is 6.05. The van der Waals surface area contributed by atoms with Crippen LogP contribution < -0.4 is 0 Å². The van der Waals surface area contributed by atoms with Gasteiger partial charge in [-0.2, -0.15) is 0 Å². The summed E-state index contributed by atoms with van der Waals surface area (Å²) in [5, 5.41) is 0. The Labute approximate surface area is 129 Å². The van der Waals surface area contributed by atoms with Crippen LogP contribution in [0, 0.1) is 6.92 Å². The topological polar surface area (TPSA) is 35.6 Å². The molecule has 0 amide bonds. The van der Waals surface area contributed by atoms with E-state index >= 15 is 0 Å². The number of halogens is 1. The lowest BCUT2D eigenvalue weighted by Crippen LogP contribution is -2.04. The summed E-state index contributed by atoms with van der Waals surface area (Å²) in [5.74, 6) is 1.42. The maximum absolute atomic E-state index is 6.05. The number of para-hydroxylation sites is 1. The number of imidazole rings is 2. The summed E-state index contributed by atoms with van der Waals surface area (Å²) in [4.78, 5) is 8.73. The molecule has 0 aliphatic carbocycles. The van der Waals surface area contributed by atoms with Gasteiger partial charge in [-0.3, -0.25) is 0 Å². The lowest BCUT2D eigenvalue weighted by Gasteiger charge is -2.08. The van der Waals surface area contributed by atoms with Gasteiger partial charge < -0.3 is 9.13 Å². The van der Waals surface area contributed by atoms with E-state index in [0.717, 1.165) is 37.3 Å². The summed E-state index contributed by atoms with van der Waals surface area (Å²) < 4.78 is 4.36. The van der Waals surface area contributed by atoms with E-state index in [-0.39, 0.29) is 0 Å². The first kappa shape index (κ1) is 14.1. The van der Waals surface area contributed by atoms with Crippen LogP contribution in [-0.4, -0.2) is 19.1 Å². The normalized spacial score (nSPS) is 11.3. The molecule has 2 aromatic heterocycles. The van der Waals surface area contributed by atoms with Crippen LogP contribution in [0.25, 0.3) is 11.0 Å².